The van der Waals surface area contributed by atoms with Crippen LogP contribution in [0.4, 0.5) is 5.69 Å². The van der Waals surface area contributed by atoms with E-state index < -0.39 is 16.4 Å². The lowest BCUT2D eigenvalue weighted by Crippen LogP contribution is -2.40. The number of hydrogen-bond acceptors (Lipinski definition) is 5. The molecule has 18 heavy (non-hydrogen) atoms. The lowest BCUT2D eigenvalue weighted by Gasteiger charge is -2.29. The summed E-state index contributed by atoms with van der Waals surface area (Å²) >= 11 is 5.28. The molecule has 0 radical (unpaired) electrons. The van der Waals surface area contributed by atoms with Gasteiger partial charge in [0, 0.05) is 24.7 Å². The number of hydrogen-bond donors (Lipinski definition) is 0. The second-order valence-corrected chi connectivity index (χ2v) is 4.23. The van der Waals surface area contributed by atoms with Crippen molar-refractivity contribution in [3.8, 4) is 5.75 Å². The highest BCUT2D eigenvalue weighted by Crippen LogP contribution is 2.24. The maximum Gasteiger partial charge on any atom is 0.262 e. The fourth-order valence-corrected chi connectivity index (χ4v) is 2.05. The molecule has 0 bridgehead atoms. The van der Waals surface area contributed by atoms with E-state index in [1.54, 1.807) is 0 Å². The van der Waals surface area contributed by atoms with Crippen LogP contribution in [0.15, 0.2) is 18.2 Å². The van der Waals surface area contributed by atoms with Crippen molar-refractivity contribution >= 4 is 22.9 Å². The summed E-state index contributed by atoms with van der Waals surface area (Å²) in [6, 6.07) is 3.94. The standard InChI is InChI=1S/C11H12N2O4S/c14-10-2-1-8(7-9(10)13(15)16)11(18)12-3-5-17-6-4-12/h1-2,7,14H,3-6H2/p-1. The number of rotatable bonds is 2. The van der Waals surface area contributed by atoms with E-state index in [-0.39, 0.29) is 0 Å². The van der Waals surface area contributed by atoms with Crippen LogP contribution in [-0.4, -0.2) is 41.1 Å². The first-order chi connectivity index (χ1) is 8.59. The van der Waals surface area contributed by atoms with E-state index >= 15 is 0 Å². The van der Waals surface area contributed by atoms with E-state index in [1.165, 1.54) is 18.2 Å². The topological polar surface area (TPSA) is 78.7 Å². The predicted octanol–water partition coefficient (Wildman–Crippen LogP) is 0.676. The van der Waals surface area contributed by atoms with Crippen LogP contribution in [-0.2, 0) is 4.74 Å². The van der Waals surface area contributed by atoms with Crippen LogP contribution in [0.3, 0.4) is 0 Å². The van der Waals surface area contributed by atoms with Crippen LogP contribution in [0.5, 0.6) is 5.75 Å². The smallest absolute Gasteiger partial charge is 0.262 e. The van der Waals surface area contributed by atoms with Crippen LogP contribution in [0.25, 0.3) is 0 Å². The largest absolute Gasteiger partial charge is 0.868 e. The SMILES string of the molecule is O=[N+]([O-])c1cc(C(=S)N2CCOCC2)ccc1[O-]. The number of nitro benzene ring substituents is 1. The summed E-state index contributed by atoms with van der Waals surface area (Å²) in [5, 5.41) is 22.0. The summed E-state index contributed by atoms with van der Waals surface area (Å²) in [5.41, 5.74) is 0.0845. The Morgan fingerprint density at radius 1 is 1.39 bits per heavy atom. The van der Waals surface area contributed by atoms with Gasteiger partial charge in [-0.05, 0) is 5.75 Å². The van der Waals surface area contributed by atoms with Crippen LogP contribution in [0.2, 0.25) is 0 Å². The van der Waals surface area contributed by atoms with Crippen molar-refractivity contribution in [1.29, 1.82) is 0 Å². The molecule has 1 heterocycles. The fraction of sp³-hybridized carbons (Fsp3) is 0.364. The third-order valence-electron chi connectivity index (χ3n) is 2.70. The maximum absolute atomic E-state index is 11.3. The molecular formula is C11H11N2O4S-. The Morgan fingerprint density at radius 3 is 2.67 bits per heavy atom. The Morgan fingerprint density at radius 2 is 2.06 bits per heavy atom. The van der Waals surface area contributed by atoms with Crippen molar-refractivity contribution < 1.29 is 14.8 Å². The highest BCUT2D eigenvalue weighted by atomic mass is 32.1. The van der Waals surface area contributed by atoms with Crippen LogP contribution in [0.1, 0.15) is 5.56 Å². The normalized spacial score (nSPS) is 15.4. The molecule has 0 aliphatic carbocycles. The number of nitro groups is 1. The molecule has 0 atom stereocenters. The molecule has 0 saturated carbocycles. The zero-order valence-corrected chi connectivity index (χ0v) is 10.3. The molecule has 1 aliphatic rings. The first-order valence-electron chi connectivity index (χ1n) is 5.42. The molecule has 0 N–H and O–H groups in total. The molecule has 1 aromatic rings. The fourth-order valence-electron chi connectivity index (χ4n) is 1.74. The van der Waals surface area contributed by atoms with Gasteiger partial charge in [-0.25, -0.2) is 0 Å². The van der Waals surface area contributed by atoms with Gasteiger partial charge in [0.1, 0.15) is 4.99 Å². The Kier molecular flexibility index (Phi) is 3.73. The van der Waals surface area contributed by atoms with Crippen LogP contribution in [0, 0.1) is 10.1 Å². The number of ether oxygens (including phenoxy) is 1. The van der Waals surface area contributed by atoms with Gasteiger partial charge in [-0.15, -0.1) is 0 Å². The minimum atomic E-state index is -0.687. The van der Waals surface area contributed by atoms with Gasteiger partial charge in [0.15, 0.2) is 0 Å². The maximum atomic E-state index is 11.3. The molecule has 1 aliphatic heterocycles. The molecule has 1 saturated heterocycles. The lowest BCUT2D eigenvalue weighted by molar-refractivity contribution is -0.398. The van der Waals surface area contributed by atoms with Gasteiger partial charge in [-0.3, -0.25) is 10.1 Å². The average Bonchev–Trinajstić information content (AvgIpc) is 2.39. The van der Waals surface area contributed by atoms with Gasteiger partial charge in [0.05, 0.1) is 18.1 Å². The van der Waals surface area contributed by atoms with Crippen LogP contribution >= 0.6 is 12.2 Å². The van der Waals surface area contributed by atoms with E-state index in [9.17, 15) is 15.2 Å². The third kappa shape index (κ3) is 2.57. The summed E-state index contributed by atoms with van der Waals surface area (Å²) in [4.78, 5) is 12.4. The molecule has 0 unspecified atom stereocenters. The number of thiocarbonyl (C=S) groups is 1. The summed E-state index contributed by atoms with van der Waals surface area (Å²) < 4.78 is 5.21. The van der Waals surface area contributed by atoms with Crippen molar-refractivity contribution in [3.63, 3.8) is 0 Å². The Labute approximate surface area is 109 Å². The van der Waals surface area contributed by atoms with Crippen molar-refractivity contribution in [3.05, 3.63) is 33.9 Å². The summed E-state index contributed by atoms with van der Waals surface area (Å²) in [6.45, 7) is 2.49. The Hall–Kier alpha value is -1.73. The third-order valence-corrected chi connectivity index (χ3v) is 3.19. The van der Waals surface area contributed by atoms with Crippen molar-refractivity contribution in [2.75, 3.05) is 26.3 Å². The van der Waals surface area contributed by atoms with Gasteiger partial charge in [-0.1, -0.05) is 24.4 Å². The second kappa shape index (κ2) is 5.28. The summed E-state index contributed by atoms with van der Waals surface area (Å²) in [5.74, 6) is -0.603. The molecule has 1 aromatic carbocycles. The summed E-state index contributed by atoms with van der Waals surface area (Å²) in [7, 11) is 0. The van der Waals surface area contributed by atoms with Gasteiger partial charge in [0.25, 0.3) is 5.69 Å². The minimum Gasteiger partial charge on any atom is -0.868 e. The van der Waals surface area contributed by atoms with E-state index in [0.717, 1.165) is 0 Å². The lowest BCUT2D eigenvalue weighted by atomic mass is 10.1. The first-order valence-corrected chi connectivity index (χ1v) is 5.83. The molecule has 6 nitrogen and oxygen atoms in total. The highest BCUT2D eigenvalue weighted by Gasteiger charge is 2.17. The first kappa shape index (κ1) is 12.7. The van der Waals surface area contributed by atoms with E-state index in [0.29, 0.717) is 36.9 Å². The van der Waals surface area contributed by atoms with E-state index in [1.807, 2.05) is 4.90 Å². The molecule has 0 aromatic heterocycles. The van der Waals surface area contributed by atoms with E-state index in [2.05, 4.69) is 0 Å². The zero-order chi connectivity index (χ0) is 13.1. The minimum absolute atomic E-state index is 0.442. The van der Waals surface area contributed by atoms with Gasteiger partial charge in [0.2, 0.25) is 0 Å². The summed E-state index contributed by atoms with van der Waals surface area (Å²) in [6.07, 6.45) is 0. The van der Waals surface area contributed by atoms with Gasteiger partial charge >= 0.3 is 0 Å². The Balaban J connectivity index is 2.24. The van der Waals surface area contributed by atoms with Crippen molar-refractivity contribution in [1.82, 2.24) is 4.90 Å². The Bertz CT molecular complexity index is 486. The molecular weight excluding hydrogens is 256 g/mol. The van der Waals surface area contributed by atoms with Crippen LogP contribution < -0.4 is 5.11 Å². The molecule has 2 rings (SSSR count). The molecule has 1 fully saturated rings. The quantitative estimate of drug-likeness (QED) is 0.445. The van der Waals surface area contributed by atoms with Gasteiger partial charge < -0.3 is 14.7 Å². The predicted molar refractivity (Wildman–Crippen MR) is 66.6 cm³/mol. The molecule has 0 spiro atoms. The van der Waals surface area contributed by atoms with E-state index in [4.69, 9.17) is 17.0 Å². The second-order valence-electron chi connectivity index (χ2n) is 3.84. The molecule has 96 valence electrons. The molecule has 7 heteroatoms. The average molecular weight is 267 g/mol. The van der Waals surface area contributed by atoms with Crippen molar-refractivity contribution in [2.45, 2.75) is 0 Å². The monoisotopic (exact) mass is 267 g/mol. The zero-order valence-electron chi connectivity index (χ0n) is 9.50. The van der Waals surface area contributed by atoms with Gasteiger partial charge in [-0.2, -0.15) is 0 Å². The molecule has 0 amide bonds. The number of benzene rings is 1. The highest BCUT2D eigenvalue weighted by molar-refractivity contribution is 7.80. The number of nitrogens with zero attached hydrogens (tertiary/aromatic N) is 2. The van der Waals surface area contributed by atoms with Crippen molar-refractivity contribution in [2.24, 2.45) is 0 Å². The number of morpholine rings is 1.